The van der Waals surface area contributed by atoms with Crippen molar-refractivity contribution in [1.29, 1.82) is 0 Å². The molecule has 0 unspecified atom stereocenters. The van der Waals surface area contributed by atoms with Crippen LogP contribution in [-0.2, 0) is 0 Å². The zero-order valence-electron chi connectivity index (χ0n) is 9.79. The molecule has 18 heavy (non-hydrogen) atoms. The predicted molar refractivity (Wildman–Crippen MR) is 65.6 cm³/mol. The first-order valence-electron chi connectivity index (χ1n) is 6.09. The molecule has 2 N–H and O–H groups in total. The lowest BCUT2D eigenvalue weighted by Crippen LogP contribution is -2.31. The van der Waals surface area contributed by atoms with E-state index in [2.05, 4.69) is 0 Å². The van der Waals surface area contributed by atoms with E-state index in [1.54, 1.807) is 12.3 Å². The Kier molecular flexibility index (Phi) is 2.84. The van der Waals surface area contributed by atoms with Gasteiger partial charge in [0.1, 0.15) is 5.69 Å². The number of aliphatic hydroxyl groups excluding tert-OH is 2. The number of rotatable bonds is 2. The first-order valence-corrected chi connectivity index (χ1v) is 6.47. The average molecular weight is 271 g/mol. The van der Waals surface area contributed by atoms with Crippen LogP contribution in [0.2, 0.25) is 5.02 Å². The zero-order chi connectivity index (χ0) is 12.9. The number of carbonyl (C=O) groups is 1. The number of amides is 1. The van der Waals surface area contributed by atoms with Gasteiger partial charge in [-0.25, -0.2) is 0 Å². The topological polar surface area (TPSA) is 65.7 Å². The van der Waals surface area contributed by atoms with E-state index in [0.29, 0.717) is 16.8 Å². The summed E-state index contributed by atoms with van der Waals surface area (Å²) in [7, 11) is 0. The van der Waals surface area contributed by atoms with E-state index < -0.39 is 12.2 Å². The van der Waals surface area contributed by atoms with Crippen LogP contribution in [0.25, 0.3) is 0 Å². The van der Waals surface area contributed by atoms with Crippen LogP contribution in [0.3, 0.4) is 0 Å². The standard InChI is InChI=1S/C12H15ClN2O3/c13-7-3-9(15(4-7)8-1-2-8)12(18)14-5-10(16)11(17)6-14/h3-4,8,10-11,16-17H,1-2,5-6H2/t10-,11+. The Labute approximate surface area is 110 Å². The first kappa shape index (κ1) is 12.0. The van der Waals surface area contributed by atoms with Gasteiger partial charge in [0, 0.05) is 25.3 Å². The third-order valence-electron chi connectivity index (χ3n) is 3.52. The molecule has 5 nitrogen and oxygen atoms in total. The van der Waals surface area contributed by atoms with E-state index in [4.69, 9.17) is 11.6 Å². The van der Waals surface area contributed by atoms with Crippen molar-refractivity contribution in [2.24, 2.45) is 0 Å². The summed E-state index contributed by atoms with van der Waals surface area (Å²) in [5, 5.41) is 19.5. The highest BCUT2D eigenvalue weighted by Gasteiger charge is 2.35. The van der Waals surface area contributed by atoms with Gasteiger partial charge in [-0.3, -0.25) is 4.79 Å². The predicted octanol–water partition coefficient (Wildman–Crippen LogP) is 0.654. The van der Waals surface area contributed by atoms with E-state index in [1.165, 1.54) is 4.90 Å². The summed E-state index contributed by atoms with van der Waals surface area (Å²) in [4.78, 5) is 13.8. The third kappa shape index (κ3) is 2.02. The Balaban J connectivity index is 1.84. The third-order valence-corrected chi connectivity index (χ3v) is 3.73. The average Bonchev–Trinajstić information content (AvgIpc) is 3.02. The van der Waals surface area contributed by atoms with Gasteiger partial charge in [0.15, 0.2) is 0 Å². The molecule has 98 valence electrons. The Bertz CT molecular complexity index is 474. The highest BCUT2D eigenvalue weighted by Crippen LogP contribution is 2.37. The molecule has 2 atom stereocenters. The van der Waals surface area contributed by atoms with Crippen molar-refractivity contribution in [3.8, 4) is 0 Å². The van der Waals surface area contributed by atoms with E-state index in [9.17, 15) is 15.0 Å². The van der Waals surface area contributed by atoms with Crippen molar-refractivity contribution >= 4 is 17.5 Å². The van der Waals surface area contributed by atoms with Crippen molar-refractivity contribution in [2.45, 2.75) is 31.1 Å². The van der Waals surface area contributed by atoms with E-state index >= 15 is 0 Å². The minimum absolute atomic E-state index is 0.174. The van der Waals surface area contributed by atoms with E-state index in [1.807, 2.05) is 4.57 Å². The number of hydrogen-bond acceptors (Lipinski definition) is 3. The fourth-order valence-corrected chi connectivity index (χ4v) is 2.58. The number of likely N-dealkylation sites (tertiary alicyclic amines) is 1. The maximum absolute atomic E-state index is 12.3. The molecule has 6 heteroatoms. The van der Waals surface area contributed by atoms with Crippen LogP contribution in [0.4, 0.5) is 0 Å². The second-order valence-electron chi connectivity index (χ2n) is 5.03. The van der Waals surface area contributed by atoms with Gasteiger partial charge in [-0.1, -0.05) is 11.6 Å². The summed E-state index contributed by atoms with van der Waals surface area (Å²) in [6, 6.07) is 2.02. The van der Waals surface area contributed by atoms with E-state index in [-0.39, 0.29) is 19.0 Å². The maximum Gasteiger partial charge on any atom is 0.270 e. The molecule has 1 aliphatic heterocycles. The molecule has 2 aliphatic rings. The van der Waals surface area contributed by atoms with Gasteiger partial charge in [-0.15, -0.1) is 0 Å². The van der Waals surface area contributed by atoms with Gasteiger partial charge in [-0.05, 0) is 18.9 Å². The van der Waals surface area contributed by atoms with Crippen LogP contribution in [-0.4, -0.2) is 50.9 Å². The Morgan fingerprint density at radius 2 is 1.89 bits per heavy atom. The molecule has 0 spiro atoms. The molecule has 1 amide bonds. The molecule has 0 radical (unpaired) electrons. The Morgan fingerprint density at radius 3 is 2.44 bits per heavy atom. The van der Waals surface area contributed by atoms with Crippen molar-refractivity contribution in [2.75, 3.05) is 13.1 Å². The first-order chi connectivity index (χ1) is 8.56. The number of carbonyl (C=O) groups excluding carboxylic acids is 1. The van der Waals surface area contributed by atoms with Crippen molar-refractivity contribution in [3.05, 3.63) is 23.0 Å². The summed E-state index contributed by atoms with van der Waals surface area (Å²) in [5.74, 6) is -0.176. The summed E-state index contributed by atoms with van der Waals surface area (Å²) in [6.07, 6.45) is 2.20. The molecular weight excluding hydrogens is 256 g/mol. The SMILES string of the molecule is O=C(c1cc(Cl)cn1C1CC1)N1C[C@@H](O)[C@@H](O)C1. The number of halogens is 1. The van der Waals surface area contributed by atoms with Crippen molar-refractivity contribution < 1.29 is 15.0 Å². The molecular formula is C12H15ClN2O3. The number of aromatic nitrogens is 1. The van der Waals surface area contributed by atoms with Gasteiger partial charge < -0.3 is 19.7 Å². The van der Waals surface area contributed by atoms with Crippen molar-refractivity contribution in [3.63, 3.8) is 0 Å². The second kappa shape index (κ2) is 4.26. The van der Waals surface area contributed by atoms with Gasteiger partial charge in [-0.2, -0.15) is 0 Å². The van der Waals surface area contributed by atoms with Crippen LogP contribution < -0.4 is 0 Å². The molecule has 2 fully saturated rings. The number of aliphatic hydroxyl groups is 2. The lowest BCUT2D eigenvalue weighted by atomic mass is 10.3. The smallest absolute Gasteiger partial charge is 0.270 e. The normalized spacial score (nSPS) is 27.8. The van der Waals surface area contributed by atoms with Crippen LogP contribution >= 0.6 is 11.6 Å². The fourth-order valence-electron chi connectivity index (χ4n) is 2.37. The quantitative estimate of drug-likeness (QED) is 0.829. The maximum atomic E-state index is 12.3. The highest BCUT2D eigenvalue weighted by molar-refractivity contribution is 6.31. The van der Waals surface area contributed by atoms with Crippen molar-refractivity contribution in [1.82, 2.24) is 9.47 Å². The molecule has 0 bridgehead atoms. The Morgan fingerprint density at radius 1 is 1.28 bits per heavy atom. The van der Waals surface area contributed by atoms with Crippen LogP contribution in [0.1, 0.15) is 29.4 Å². The molecule has 1 aliphatic carbocycles. The summed E-state index contributed by atoms with van der Waals surface area (Å²) >= 11 is 5.96. The monoisotopic (exact) mass is 270 g/mol. The highest BCUT2D eigenvalue weighted by atomic mass is 35.5. The molecule has 1 aromatic rings. The second-order valence-corrected chi connectivity index (χ2v) is 5.46. The zero-order valence-corrected chi connectivity index (χ0v) is 10.5. The fraction of sp³-hybridized carbons (Fsp3) is 0.583. The van der Waals surface area contributed by atoms with Crippen LogP contribution in [0.15, 0.2) is 12.3 Å². The summed E-state index contributed by atoms with van der Waals surface area (Å²) < 4.78 is 1.90. The number of β-amino-alcohol motifs (C(OH)–C–C–N with tert-alkyl or cyclic N) is 2. The van der Waals surface area contributed by atoms with Crippen LogP contribution in [0, 0.1) is 0 Å². The van der Waals surface area contributed by atoms with Gasteiger partial charge in [0.2, 0.25) is 0 Å². The summed E-state index contributed by atoms with van der Waals surface area (Å²) in [6.45, 7) is 0.348. The van der Waals surface area contributed by atoms with E-state index in [0.717, 1.165) is 12.8 Å². The molecule has 1 saturated carbocycles. The van der Waals surface area contributed by atoms with Crippen LogP contribution in [0.5, 0.6) is 0 Å². The van der Waals surface area contributed by atoms with Gasteiger partial charge in [0.25, 0.3) is 5.91 Å². The minimum Gasteiger partial charge on any atom is -0.388 e. The lowest BCUT2D eigenvalue weighted by molar-refractivity contribution is 0.0572. The summed E-state index contributed by atoms with van der Waals surface area (Å²) in [5.41, 5.74) is 0.545. The molecule has 2 heterocycles. The number of hydrogen-bond donors (Lipinski definition) is 2. The molecule has 1 saturated heterocycles. The molecule has 3 rings (SSSR count). The van der Waals surface area contributed by atoms with Gasteiger partial charge in [0.05, 0.1) is 17.2 Å². The molecule has 1 aromatic heterocycles. The minimum atomic E-state index is -0.853. The molecule has 0 aromatic carbocycles. The van der Waals surface area contributed by atoms with Gasteiger partial charge >= 0.3 is 0 Å². The lowest BCUT2D eigenvalue weighted by Gasteiger charge is -2.16. The largest absolute Gasteiger partial charge is 0.388 e. The number of nitrogens with zero attached hydrogens (tertiary/aromatic N) is 2. The Hall–Kier alpha value is -1.04.